The highest BCUT2D eigenvalue weighted by atomic mass is 32.1. The number of piperazine rings is 1. The van der Waals surface area contributed by atoms with Crippen LogP contribution in [0.4, 0.5) is 13.8 Å². The number of nitriles is 1. The molecule has 192 valence electrons. The first-order valence-corrected chi connectivity index (χ1v) is 13.0. The predicted molar refractivity (Wildman–Crippen MR) is 143 cm³/mol. The van der Waals surface area contributed by atoms with E-state index in [0.29, 0.717) is 49.1 Å². The smallest absolute Gasteiger partial charge is 0.256 e. The number of carbonyl (C=O) groups excluding carboxylic acids is 2. The summed E-state index contributed by atoms with van der Waals surface area (Å²) in [5.41, 5.74) is 8.31. The average Bonchev–Trinajstić information content (AvgIpc) is 3.42. The number of aromatic nitrogens is 1. The van der Waals surface area contributed by atoms with Crippen LogP contribution in [-0.2, 0) is 11.3 Å². The molecule has 4 heterocycles. The molecule has 10 heteroatoms. The van der Waals surface area contributed by atoms with Crippen molar-refractivity contribution in [2.24, 2.45) is 0 Å². The van der Waals surface area contributed by atoms with E-state index in [1.165, 1.54) is 24.3 Å². The quantitative estimate of drug-likeness (QED) is 0.376. The third-order valence-electron chi connectivity index (χ3n) is 7.65. The lowest BCUT2D eigenvalue weighted by Gasteiger charge is -2.42. The maximum absolute atomic E-state index is 16.1. The second kappa shape index (κ2) is 8.67. The zero-order valence-electron chi connectivity index (χ0n) is 20.6. The summed E-state index contributed by atoms with van der Waals surface area (Å²) in [6.45, 7) is 7.07. The van der Waals surface area contributed by atoms with Gasteiger partial charge in [0.05, 0.1) is 27.4 Å². The highest BCUT2D eigenvalue weighted by molar-refractivity contribution is 7.23. The third-order valence-corrected chi connectivity index (χ3v) is 8.67. The van der Waals surface area contributed by atoms with Crippen LogP contribution in [0.5, 0.6) is 0 Å². The van der Waals surface area contributed by atoms with Gasteiger partial charge in [-0.05, 0) is 42.7 Å². The first-order valence-electron chi connectivity index (χ1n) is 12.2. The van der Waals surface area contributed by atoms with Crippen LogP contribution in [0.3, 0.4) is 0 Å². The van der Waals surface area contributed by atoms with Gasteiger partial charge in [-0.2, -0.15) is 5.26 Å². The van der Waals surface area contributed by atoms with Crippen LogP contribution in [-0.4, -0.2) is 51.9 Å². The average molecular weight is 532 g/mol. The van der Waals surface area contributed by atoms with Crippen LogP contribution in [0.15, 0.2) is 37.1 Å². The van der Waals surface area contributed by atoms with Gasteiger partial charge in [0.1, 0.15) is 22.7 Å². The maximum Gasteiger partial charge on any atom is 0.256 e. The van der Waals surface area contributed by atoms with Crippen LogP contribution in [0.25, 0.3) is 32.1 Å². The fourth-order valence-electron chi connectivity index (χ4n) is 5.94. The lowest BCUT2D eigenvalue weighted by atomic mass is 9.92. The molecule has 1 atom stereocenters. The Balaban J connectivity index is 1.57. The number of hydrogen-bond acceptors (Lipinski definition) is 5. The molecule has 7 nitrogen and oxygen atoms in total. The Morgan fingerprint density at radius 3 is 2.74 bits per heavy atom. The Morgan fingerprint density at radius 2 is 2.00 bits per heavy atom. The predicted octanol–water partition coefficient (Wildman–Crippen LogP) is 4.81. The van der Waals surface area contributed by atoms with Gasteiger partial charge >= 0.3 is 0 Å². The van der Waals surface area contributed by atoms with Crippen molar-refractivity contribution in [3.05, 3.63) is 65.4 Å². The molecule has 0 unspecified atom stereocenters. The van der Waals surface area contributed by atoms with Crippen molar-refractivity contribution in [2.45, 2.75) is 25.9 Å². The number of hydrogen-bond donors (Lipinski definition) is 1. The van der Waals surface area contributed by atoms with Crippen molar-refractivity contribution in [2.75, 3.05) is 25.4 Å². The molecule has 2 aliphatic rings. The first-order chi connectivity index (χ1) is 18.2. The minimum Gasteiger partial charge on any atom is -0.389 e. The molecule has 2 amide bonds. The lowest BCUT2D eigenvalue weighted by molar-refractivity contribution is -0.128. The van der Waals surface area contributed by atoms with Crippen LogP contribution < -0.4 is 5.73 Å². The zero-order chi connectivity index (χ0) is 26.9. The van der Waals surface area contributed by atoms with E-state index < -0.39 is 11.6 Å². The van der Waals surface area contributed by atoms with Gasteiger partial charge in [0.25, 0.3) is 5.91 Å². The standard InChI is InChI=1S/C28H23F2N5O2S/c1-3-21(36)33-8-9-35-15(13-33)6-7-34-12-14(2)22-24(20(30)10-17(25(22)34)28(35)37)16-4-5-19(29)26-23(16)18(11-31)27(32)38-26/h3-5,10,12,15H,1,6-9,13,32H2,2H3/t15-/m0/s1. The lowest BCUT2D eigenvalue weighted by Crippen LogP contribution is -2.57. The third kappa shape index (κ3) is 3.35. The van der Waals surface area contributed by atoms with Gasteiger partial charge in [0.2, 0.25) is 5.91 Å². The topological polar surface area (TPSA) is 95.4 Å². The molecule has 0 saturated carbocycles. The molecule has 2 aliphatic heterocycles. The molecule has 0 aliphatic carbocycles. The van der Waals surface area contributed by atoms with E-state index in [2.05, 4.69) is 6.58 Å². The van der Waals surface area contributed by atoms with Gasteiger partial charge in [0, 0.05) is 48.7 Å². The van der Waals surface area contributed by atoms with Gasteiger partial charge in [-0.1, -0.05) is 12.6 Å². The highest BCUT2D eigenvalue weighted by Crippen LogP contribution is 2.45. The van der Waals surface area contributed by atoms with Crippen LogP contribution in [0.2, 0.25) is 0 Å². The van der Waals surface area contributed by atoms with Gasteiger partial charge in [-0.3, -0.25) is 9.59 Å². The van der Waals surface area contributed by atoms with Crippen molar-refractivity contribution in [1.29, 1.82) is 5.26 Å². The Morgan fingerprint density at radius 1 is 1.21 bits per heavy atom. The Kier molecular flexibility index (Phi) is 5.50. The molecule has 2 aromatic heterocycles. The van der Waals surface area contributed by atoms with Crippen molar-refractivity contribution < 1.29 is 18.4 Å². The van der Waals surface area contributed by atoms with Crippen LogP contribution in [0, 0.1) is 29.9 Å². The molecule has 1 saturated heterocycles. The number of fused-ring (bicyclic) bond motifs is 2. The van der Waals surface area contributed by atoms with Crippen molar-refractivity contribution >= 4 is 49.1 Å². The maximum atomic E-state index is 16.1. The van der Waals surface area contributed by atoms with E-state index in [1.807, 2.05) is 23.8 Å². The van der Waals surface area contributed by atoms with Gasteiger partial charge in [-0.15, -0.1) is 11.3 Å². The van der Waals surface area contributed by atoms with Crippen molar-refractivity contribution in [3.63, 3.8) is 0 Å². The molecule has 1 fully saturated rings. The molecule has 4 aromatic rings. The van der Waals surface area contributed by atoms with Crippen LogP contribution >= 0.6 is 11.3 Å². The number of benzene rings is 2. The van der Waals surface area contributed by atoms with E-state index in [1.54, 1.807) is 9.80 Å². The summed E-state index contributed by atoms with van der Waals surface area (Å²) in [5, 5.41) is 10.8. The monoisotopic (exact) mass is 531 g/mol. The fraction of sp³-hybridized carbons (Fsp3) is 0.250. The normalized spacial score (nSPS) is 17.3. The number of nitrogens with zero attached hydrogens (tertiary/aromatic N) is 4. The molecule has 38 heavy (non-hydrogen) atoms. The number of carbonyl (C=O) groups is 2. The fourth-order valence-corrected chi connectivity index (χ4v) is 6.89. The summed E-state index contributed by atoms with van der Waals surface area (Å²) < 4.78 is 33.0. The number of aryl methyl sites for hydroxylation is 2. The summed E-state index contributed by atoms with van der Waals surface area (Å²) >= 11 is 0.959. The minimum atomic E-state index is -0.638. The largest absolute Gasteiger partial charge is 0.389 e. The second-order valence-electron chi connectivity index (χ2n) is 9.69. The summed E-state index contributed by atoms with van der Waals surface area (Å²) in [5.74, 6) is -1.64. The Hall–Kier alpha value is -4.23. The molecule has 0 bridgehead atoms. The summed E-state index contributed by atoms with van der Waals surface area (Å²) in [6, 6.07) is 5.80. The van der Waals surface area contributed by atoms with Gasteiger partial charge in [-0.25, -0.2) is 8.78 Å². The number of rotatable bonds is 2. The van der Waals surface area contributed by atoms with Crippen molar-refractivity contribution in [1.82, 2.24) is 14.4 Å². The Bertz CT molecular complexity index is 1750. The number of anilines is 1. The molecule has 2 aromatic carbocycles. The van der Waals surface area contributed by atoms with Gasteiger partial charge < -0.3 is 20.1 Å². The minimum absolute atomic E-state index is 0.111. The van der Waals surface area contributed by atoms with E-state index in [9.17, 15) is 19.2 Å². The van der Waals surface area contributed by atoms with E-state index in [0.717, 1.165) is 16.9 Å². The SMILES string of the molecule is C=CC(=O)N1CCN2C(=O)c3cc(F)c(-c4ccc(F)c5sc(N)c(C#N)c45)c4c(C)cn(c34)CC[C@H]2C1. The summed E-state index contributed by atoms with van der Waals surface area (Å²) in [4.78, 5) is 29.5. The molecule has 0 radical (unpaired) electrons. The molecule has 2 N–H and O–H groups in total. The number of halogens is 2. The van der Waals surface area contributed by atoms with Crippen LogP contribution in [0.1, 0.15) is 27.9 Å². The van der Waals surface area contributed by atoms with Crippen molar-refractivity contribution in [3.8, 4) is 17.2 Å². The first kappa shape index (κ1) is 24.1. The number of thiophene rings is 1. The number of nitrogens with two attached hydrogens (primary N) is 1. The molecular formula is C28H23F2N5O2S. The second-order valence-corrected chi connectivity index (χ2v) is 10.7. The highest BCUT2D eigenvalue weighted by Gasteiger charge is 2.36. The van der Waals surface area contributed by atoms with E-state index in [4.69, 9.17) is 5.73 Å². The van der Waals surface area contributed by atoms with E-state index in [-0.39, 0.29) is 49.6 Å². The Labute approximate surface area is 220 Å². The molecule has 0 spiro atoms. The molecular weight excluding hydrogens is 508 g/mol. The molecule has 6 rings (SSSR count). The summed E-state index contributed by atoms with van der Waals surface area (Å²) in [7, 11) is 0. The summed E-state index contributed by atoms with van der Waals surface area (Å²) in [6.07, 6.45) is 3.78. The number of amides is 2. The van der Waals surface area contributed by atoms with E-state index >= 15 is 4.39 Å². The number of nitrogen functional groups attached to an aromatic ring is 1. The van der Waals surface area contributed by atoms with Gasteiger partial charge in [0.15, 0.2) is 0 Å². The zero-order valence-corrected chi connectivity index (χ0v) is 21.4.